The van der Waals surface area contributed by atoms with Crippen LogP contribution in [0.2, 0.25) is 0 Å². The van der Waals surface area contributed by atoms with E-state index in [-0.39, 0.29) is 12.1 Å². The summed E-state index contributed by atoms with van der Waals surface area (Å²) in [7, 11) is 0. The third-order valence-electron chi connectivity index (χ3n) is 10.1. The van der Waals surface area contributed by atoms with E-state index in [0.29, 0.717) is 0 Å². The van der Waals surface area contributed by atoms with Crippen LogP contribution in [0, 0.1) is 0 Å². The molecule has 0 saturated carbocycles. The Morgan fingerprint density at radius 1 is 0.426 bits per heavy atom. The highest BCUT2D eigenvalue weighted by Gasteiger charge is 2.36. The van der Waals surface area contributed by atoms with E-state index in [2.05, 4.69) is 184 Å². The third-order valence-corrected chi connectivity index (χ3v) is 10.1. The van der Waals surface area contributed by atoms with Gasteiger partial charge in [-0.25, -0.2) is 0 Å². The fourth-order valence-electron chi connectivity index (χ4n) is 8.04. The van der Waals surface area contributed by atoms with E-state index in [1.165, 1.54) is 77.2 Å². The Hall–Kier alpha value is -6.06. The van der Waals surface area contributed by atoms with Gasteiger partial charge in [-0.05, 0) is 76.9 Å². The molecule has 0 spiro atoms. The van der Waals surface area contributed by atoms with Gasteiger partial charge in [-0.2, -0.15) is 0 Å². The van der Waals surface area contributed by atoms with Crippen molar-refractivity contribution < 1.29 is 0 Å². The summed E-state index contributed by atoms with van der Waals surface area (Å²) in [5, 5.41) is 9.01. The van der Waals surface area contributed by atoms with Crippen LogP contribution in [0.3, 0.4) is 0 Å². The zero-order chi connectivity index (χ0) is 30.9. The second kappa shape index (κ2) is 10.2. The normalized spacial score (nSPS) is 15.8. The summed E-state index contributed by atoms with van der Waals surface area (Å²) in [4.78, 5) is 0. The van der Waals surface area contributed by atoms with Crippen molar-refractivity contribution in [3.8, 4) is 16.8 Å². The summed E-state index contributed by atoms with van der Waals surface area (Å²) in [5.41, 5.74) is 12.4. The average molecular weight is 602 g/mol. The standard InChI is InChI=1S/C44H31N3/c1-3-13-29(14-4-1)43-35-19-7-10-20-38(35)45-44(43)47-40-22-12-9-18-34(40)37-28-31(24-26-42(37)47)30-23-25-41-36(27-30)33-17-8-11-21-39(33)46(41)32-15-5-2-6-16-32/h1-28,43-45H. The fraction of sp³-hybridized carbons (Fsp3) is 0.0455. The number of anilines is 1. The molecule has 2 atom stereocenters. The lowest BCUT2D eigenvalue weighted by Gasteiger charge is -2.25. The SMILES string of the molecule is c1ccc(C2c3ccccc3NC2n2c3ccccc3c3cc(-c4ccc5c(c4)c4ccccc4n5-c4ccccc4)ccc32)cc1. The predicted octanol–water partition coefficient (Wildman–Crippen LogP) is 11.3. The topological polar surface area (TPSA) is 21.9 Å². The van der Waals surface area contributed by atoms with Gasteiger partial charge in [-0.15, -0.1) is 0 Å². The lowest BCUT2D eigenvalue weighted by atomic mass is 9.91. The fourth-order valence-corrected chi connectivity index (χ4v) is 8.04. The Labute approximate surface area is 272 Å². The van der Waals surface area contributed by atoms with E-state index in [0.717, 1.165) is 0 Å². The van der Waals surface area contributed by atoms with Gasteiger partial charge in [0, 0.05) is 32.9 Å². The van der Waals surface area contributed by atoms with Crippen molar-refractivity contribution in [1.29, 1.82) is 0 Å². The van der Waals surface area contributed by atoms with E-state index in [1.54, 1.807) is 0 Å². The number of nitrogens with zero attached hydrogens (tertiary/aromatic N) is 2. The third kappa shape index (κ3) is 3.93. The van der Waals surface area contributed by atoms with Crippen molar-refractivity contribution in [1.82, 2.24) is 9.13 Å². The Morgan fingerprint density at radius 3 is 1.72 bits per heavy atom. The smallest absolute Gasteiger partial charge is 0.115 e. The summed E-state index contributed by atoms with van der Waals surface area (Å²) >= 11 is 0. The minimum atomic E-state index is 0.0449. The van der Waals surface area contributed by atoms with Crippen LogP contribution in [-0.2, 0) is 0 Å². The summed E-state index contributed by atoms with van der Waals surface area (Å²) in [6.07, 6.45) is 0.0449. The van der Waals surface area contributed by atoms with Crippen LogP contribution in [-0.4, -0.2) is 9.13 Å². The van der Waals surface area contributed by atoms with Crippen molar-refractivity contribution in [2.45, 2.75) is 12.1 Å². The van der Waals surface area contributed by atoms with E-state index < -0.39 is 0 Å². The number of benzene rings is 7. The molecule has 0 amide bonds. The van der Waals surface area contributed by atoms with Crippen LogP contribution in [0.1, 0.15) is 23.2 Å². The lowest BCUT2D eigenvalue weighted by molar-refractivity contribution is 0.558. The molecule has 3 heterocycles. The molecule has 0 bridgehead atoms. The van der Waals surface area contributed by atoms with Crippen molar-refractivity contribution in [3.63, 3.8) is 0 Å². The zero-order valence-corrected chi connectivity index (χ0v) is 25.7. The van der Waals surface area contributed by atoms with E-state index in [4.69, 9.17) is 0 Å². The van der Waals surface area contributed by atoms with Crippen molar-refractivity contribution in [2.24, 2.45) is 0 Å². The van der Waals surface area contributed by atoms with Gasteiger partial charge in [-0.3, -0.25) is 0 Å². The van der Waals surface area contributed by atoms with Gasteiger partial charge in [-0.1, -0.05) is 115 Å². The highest BCUT2D eigenvalue weighted by Crippen LogP contribution is 2.48. The molecular weight excluding hydrogens is 571 g/mol. The second-order valence-electron chi connectivity index (χ2n) is 12.6. The Kier molecular flexibility index (Phi) is 5.70. The van der Waals surface area contributed by atoms with Gasteiger partial charge in [0.05, 0.1) is 28.0 Å². The zero-order valence-electron chi connectivity index (χ0n) is 25.7. The first-order valence-electron chi connectivity index (χ1n) is 16.4. The molecule has 0 saturated heterocycles. The Bertz CT molecular complexity index is 2610. The number of para-hydroxylation sites is 4. The maximum absolute atomic E-state index is 3.93. The maximum Gasteiger partial charge on any atom is 0.115 e. The van der Waals surface area contributed by atoms with Crippen LogP contribution in [0.25, 0.3) is 60.4 Å². The van der Waals surface area contributed by atoms with Crippen molar-refractivity contribution in [2.75, 3.05) is 5.32 Å². The van der Waals surface area contributed by atoms with Crippen LogP contribution in [0.5, 0.6) is 0 Å². The molecule has 47 heavy (non-hydrogen) atoms. The van der Waals surface area contributed by atoms with Crippen LogP contribution in [0.4, 0.5) is 5.69 Å². The molecule has 0 aliphatic carbocycles. The molecular formula is C44H31N3. The minimum absolute atomic E-state index is 0.0449. The molecule has 7 aromatic carbocycles. The molecule has 0 fully saturated rings. The molecule has 1 aliphatic rings. The first-order valence-corrected chi connectivity index (χ1v) is 16.4. The van der Waals surface area contributed by atoms with E-state index in [1.807, 2.05) is 0 Å². The molecule has 1 aliphatic heterocycles. The molecule has 0 radical (unpaired) electrons. The summed E-state index contributed by atoms with van der Waals surface area (Å²) < 4.78 is 4.91. The molecule has 10 rings (SSSR count). The molecule has 9 aromatic rings. The van der Waals surface area contributed by atoms with Gasteiger partial charge in [0.1, 0.15) is 6.17 Å². The van der Waals surface area contributed by atoms with Crippen molar-refractivity contribution >= 4 is 49.3 Å². The van der Waals surface area contributed by atoms with Gasteiger partial charge in [0.15, 0.2) is 0 Å². The van der Waals surface area contributed by atoms with Crippen LogP contribution >= 0.6 is 0 Å². The molecule has 1 N–H and O–H groups in total. The van der Waals surface area contributed by atoms with Gasteiger partial charge in [0.2, 0.25) is 0 Å². The van der Waals surface area contributed by atoms with Gasteiger partial charge >= 0.3 is 0 Å². The highest BCUT2D eigenvalue weighted by atomic mass is 15.2. The van der Waals surface area contributed by atoms with E-state index in [9.17, 15) is 0 Å². The summed E-state index contributed by atoms with van der Waals surface area (Å²) in [5.74, 6) is 0.190. The lowest BCUT2D eigenvalue weighted by Crippen LogP contribution is -2.20. The number of hydrogen-bond donors (Lipinski definition) is 1. The maximum atomic E-state index is 3.93. The molecule has 3 nitrogen and oxygen atoms in total. The van der Waals surface area contributed by atoms with Gasteiger partial charge < -0.3 is 14.5 Å². The number of fused-ring (bicyclic) bond motifs is 7. The number of nitrogens with one attached hydrogen (secondary N) is 1. The van der Waals surface area contributed by atoms with Gasteiger partial charge in [0.25, 0.3) is 0 Å². The van der Waals surface area contributed by atoms with Crippen LogP contribution in [0.15, 0.2) is 170 Å². The highest BCUT2D eigenvalue weighted by molar-refractivity contribution is 6.12. The quantitative estimate of drug-likeness (QED) is 0.213. The Morgan fingerprint density at radius 2 is 0.957 bits per heavy atom. The first kappa shape index (κ1) is 26.2. The number of aromatic nitrogens is 2. The number of hydrogen-bond acceptors (Lipinski definition) is 1. The molecule has 3 heteroatoms. The molecule has 2 unspecified atom stereocenters. The predicted molar refractivity (Wildman–Crippen MR) is 197 cm³/mol. The molecule has 2 aromatic heterocycles. The largest absolute Gasteiger partial charge is 0.364 e. The first-order chi connectivity index (χ1) is 23.3. The van der Waals surface area contributed by atoms with Crippen molar-refractivity contribution in [3.05, 3.63) is 181 Å². The van der Waals surface area contributed by atoms with E-state index >= 15 is 0 Å². The molecule has 222 valence electrons. The summed E-state index contributed by atoms with van der Waals surface area (Å²) in [6.45, 7) is 0. The minimum Gasteiger partial charge on any atom is -0.364 e. The average Bonchev–Trinajstić information content (AvgIpc) is 3.79. The monoisotopic (exact) mass is 601 g/mol. The number of rotatable bonds is 4. The Balaban J connectivity index is 1.16. The summed E-state index contributed by atoms with van der Waals surface area (Å²) in [6, 6.07) is 61.9. The second-order valence-corrected chi connectivity index (χ2v) is 12.6. The van der Waals surface area contributed by atoms with Crippen LogP contribution < -0.4 is 5.32 Å².